The lowest BCUT2D eigenvalue weighted by Crippen LogP contribution is -2.66. The highest BCUT2D eigenvalue weighted by atomic mass is 19.4. The summed E-state index contributed by atoms with van der Waals surface area (Å²) in [6, 6.07) is 1.95. The van der Waals surface area contributed by atoms with E-state index in [4.69, 9.17) is 4.74 Å². The van der Waals surface area contributed by atoms with Gasteiger partial charge >= 0.3 is 6.18 Å². The third-order valence-electron chi connectivity index (χ3n) is 9.20. The van der Waals surface area contributed by atoms with Crippen LogP contribution in [0.2, 0.25) is 0 Å². The molecule has 9 heteroatoms. The van der Waals surface area contributed by atoms with E-state index in [1.54, 1.807) is 19.1 Å². The van der Waals surface area contributed by atoms with Gasteiger partial charge in [0.2, 0.25) is 5.88 Å². The van der Waals surface area contributed by atoms with E-state index in [2.05, 4.69) is 18.8 Å². The lowest BCUT2D eigenvalue weighted by atomic mass is 9.59. The van der Waals surface area contributed by atoms with Crippen LogP contribution in [-0.4, -0.2) is 50.5 Å². The van der Waals surface area contributed by atoms with Crippen molar-refractivity contribution in [2.75, 3.05) is 6.61 Å². The molecule has 190 valence electrons. The monoisotopic (exact) mass is 493 g/mol. The highest BCUT2D eigenvalue weighted by Crippen LogP contribution is 2.71. The number of aliphatic hydroxyl groups excluding tert-OH is 2. The van der Waals surface area contributed by atoms with E-state index in [9.17, 15) is 33.3 Å². The Bertz CT molecular complexity index is 1140. The first-order valence-corrected chi connectivity index (χ1v) is 11.9. The van der Waals surface area contributed by atoms with Crippen molar-refractivity contribution in [3.8, 4) is 5.88 Å². The molecule has 1 heterocycles. The molecule has 2 bridgehead atoms. The van der Waals surface area contributed by atoms with Crippen LogP contribution in [-0.2, 0) is 11.0 Å². The standard InChI is InChI=1S/C26H30F3NO5/c1-12-10-24-13(2)8-17-18(23(17,3)4)15(20(24)33)9-14(11-31)19(32)25(24,34)21(12)35-22-16(26(27,28)29)6-5-7-30-22/h5-7,9-10,13,15,17-19,21,31-32,34H,8,11H2,1-4H3/t13?,15-,17?,18?,19+,21-,24?,25-/m0/s1. The maximum atomic E-state index is 14.3. The molecule has 5 rings (SSSR count). The Morgan fingerprint density at radius 2 is 1.97 bits per heavy atom. The summed E-state index contributed by atoms with van der Waals surface area (Å²) in [5, 5.41) is 33.9. The molecular weight excluding hydrogens is 463 g/mol. The Labute approximate surface area is 201 Å². The van der Waals surface area contributed by atoms with E-state index < -0.39 is 59.3 Å². The van der Waals surface area contributed by atoms with Crippen LogP contribution >= 0.6 is 0 Å². The second kappa shape index (κ2) is 7.40. The third kappa shape index (κ3) is 3.01. The quantitative estimate of drug-likeness (QED) is 0.559. The lowest BCUT2D eigenvalue weighted by molar-refractivity contribution is -0.187. The van der Waals surface area contributed by atoms with Crippen LogP contribution in [0, 0.1) is 34.5 Å². The third-order valence-corrected chi connectivity index (χ3v) is 9.20. The van der Waals surface area contributed by atoms with Crippen molar-refractivity contribution in [3.05, 3.63) is 47.2 Å². The predicted octanol–water partition coefficient (Wildman–Crippen LogP) is 3.32. The van der Waals surface area contributed by atoms with Crippen molar-refractivity contribution < 1.29 is 38.0 Å². The number of ether oxygens (including phenoxy) is 1. The highest BCUT2D eigenvalue weighted by Gasteiger charge is 2.76. The molecule has 3 N–H and O–H groups in total. The molecule has 2 fully saturated rings. The maximum Gasteiger partial charge on any atom is 0.421 e. The van der Waals surface area contributed by atoms with Gasteiger partial charge in [0, 0.05) is 12.1 Å². The zero-order valence-corrected chi connectivity index (χ0v) is 20.0. The van der Waals surface area contributed by atoms with Crippen LogP contribution in [0.5, 0.6) is 5.88 Å². The van der Waals surface area contributed by atoms with Gasteiger partial charge in [0.05, 0.1) is 12.0 Å². The number of halogens is 3. The number of aromatic nitrogens is 1. The molecule has 0 radical (unpaired) electrons. The number of ketones is 1. The Morgan fingerprint density at radius 1 is 1.29 bits per heavy atom. The van der Waals surface area contributed by atoms with Crippen LogP contribution in [0.3, 0.4) is 0 Å². The van der Waals surface area contributed by atoms with Crippen molar-refractivity contribution >= 4 is 5.78 Å². The van der Waals surface area contributed by atoms with Gasteiger partial charge in [0.15, 0.2) is 17.5 Å². The Morgan fingerprint density at radius 3 is 2.60 bits per heavy atom. The molecular formula is C26H30F3NO5. The molecule has 0 saturated heterocycles. The van der Waals surface area contributed by atoms with Gasteiger partial charge in [0.1, 0.15) is 11.7 Å². The van der Waals surface area contributed by atoms with E-state index in [-0.39, 0.29) is 28.6 Å². The normalized spacial score (nSPS) is 41.7. The molecule has 4 aliphatic rings. The number of carbonyl (C=O) groups is 1. The fourth-order valence-corrected chi connectivity index (χ4v) is 7.41. The van der Waals surface area contributed by atoms with Gasteiger partial charge in [-0.15, -0.1) is 0 Å². The number of allylic oxidation sites excluding steroid dienone is 1. The van der Waals surface area contributed by atoms with E-state index in [1.807, 2.05) is 6.92 Å². The first-order chi connectivity index (χ1) is 16.2. The van der Waals surface area contributed by atoms with Crippen LogP contribution in [0.1, 0.15) is 39.7 Å². The number of Topliss-reactive ketones (excluding diaryl/α,β-unsaturated/α-hetero) is 1. The largest absolute Gasteiger partial charge is 0.466 e. The maximum absolute atomic E-state index is 14.3. The Balaban J connectivity index is 1.68. The van der Waals surface area contributed by atoms with Gasteiger partial charge in [-0.1, -0.05) is 32.9 Å². The summed E-state index contributed by atoms with van der Waals surface area (Å²) in [6.45, 7) is 6.96. The zero-order valence-electron chi connectivity index (χ0n) is 20.0. The summed E-state index contributed by atoms with van der Waals surface area (Å²) in [7, 11) is 0. The number of aliphatic hydroxyl groups is 3. The Hall–Kier alpha value is -2.23. The van der Waals surface area contributed by atoms with Gasteiger partial charge < -0.3 is 20.1 Å². The molecule has 1 spiro atoms. The summed E-state index contributed by atoms with van der Waals surface area (Å²) >= 11 is 0. The average Bonchev–Trinajstić information content (AvgIpc) is 3.27. The van der Waals surface area contributed by atoms with E-state index in [0.29, 0.717) is 12.0 Å². The molecule has 1 aromatic rings. The zero-order chi connectivity index (χ0) is 25.7. The van der Waals surface area contributed by atoms with Crippen molar-refractivity contribution in [1.29, 1.82) is 0 Å². The summed E-state index contributed by atoms with van der Waals surface area (Å²) in [6.07, 6.45) is -3.09. The average molecular weight is 494 g/mol. The molecule has 0 amide bonds. The second-order valence-corrected chi connectivity index (χ2v) is 11.2. The first-order valence-electron chi connectivity index (χ1n) is 11.9. The van der Waals surface area contributed by atoms with Crippen LogP contribution in [0.25, 0.3) is 0 Å². The molecule has 35 heavy (non-hydrogen) atoms. The van der Waals surface area contributed by atoms with Crippen LogP contribution < -0.4 is 4.74 Å². The SMILES string of the molecule is CC1=CC23C(=O)[C@@H](C=C(CO)[C@@H](O)[C@]2(O)[C@H]1Oc1ncccc1C(F)(F)F)C1C(CC3C)C1(C)C. The number of carbonyl (C=O) groups excluding carboxylic acids is 1. The summed E-state index contributed by atoms with van der Waals surface area (Å²) in [5.74, 6) is -1.94. The van der Waals surface area contributed by atoms with E-state index in [1.165, 1.54) is 0 Å². The molecule has 1 aromatic heterocycles. The Kier molecular flexibility index (Phi) is 5.17. The number of pyridine rings is 1. The second-order valence-electron chi connectivity index (χ2n) is 11.2. The van der Waals surface area contributed by atoms with Crippen molar-refractivity contribution in [1.82, 2.24) is 4.98 Å². The van der Waals surface area contributed by atoms with E-state index >= 15 is 0 Å². The summed E-state index contributed by atoms with van der Waals surface area (Å²) in [5.41, 5.74) is -4.78. The smallest absolute Gasteiger partial charge is 0.421 e. The molecule has 4 aliphatic carbocycles. The molecule has 4 unspecified atom stereocenters. The van der Waals surface area contributed by atoms with Crippen molar-refractivity contribution in [3.63, 3.8) is 0 Å². The van der Waals surface area contributed by atoms with Gasteiger partial charge in [-0.05, 0) is 59.8 Å². The number of nitrogens with zero attached hydrogens (tertiary/aromatic N) is 1. The number of alkyl halides is 3. The lowest BCUT2D eigenvalue weighted by Gasteiger charge is -2.49. The van der Waals surface area contributed by atoms with E-state index in [0.717, 1.165) is 18.3 Å². The van der Waals surface area contributed by atoms with Crippen molar-refractivity contribution in [2.24, 2.45) is 34.5 Å². The number of hydrogen-bond acceptors (Lipinski definition) is 6. The fourth-order valence-electron chi connectivity index (χ4n) is 7.41. The number of rotatable bonds is 3. The fraction of sp³-hybridized carbons (Fsp3) is 0.615. The van der Waals surface area contributed by atoms with Crippen LogP contribution in [0.4, 0.5) is 13.2 Å². The molecule has 0 aliphatic heterocycles. The number of fused-ring (bicyclic) bond motifs is 3. The van der Waals surface area contributed by atoms with Gasteiger partial charge in [-0.25, -0.2) is 4.98 Å². The van der Waals surface area contributed by atoms with Gasteiger partial charge in [-0.3, -0.25) is 4.79 Å². The van der Waals surface area contributed by atoms with Crippen LogP contribution in [0.15, 0.2) is 41.6 Å². The predicted molar refractivity (Wildman–Crippen MR) is 119 cm³/mol. The first kappa shape index (κ1) is 24.5. The minimum atomic E-state index is -4.76. The molecule has 6 nitrogen and oxygen atoms in total. The molecule has 0 aromatic carbocycles. The van der Waals surface area contributed by atoms with Crippen molar-refractivity contribution in [2.45, 2.75) is 58.1 Å². The van der Waals surface area contributed by atoms with Gasteiger partial charge in [0.25, 0.3) is 0 Å². The molecule has 8 atom stereocenters. The highest BCUT2D eigenvalue weighted by molar-refractivity contribution is 5.95. The number of hydrogen-bond donors (Lipinski definition) is 3. The minimum Gasteiger partial charge on any atom is -0.466 e. The molecule has 2 saturated carbocycles. The topological polar surface area (TPSA) is 99.9 Å². The summed E-state index contributed by atoms with van der Waals surface area (Å²) < 4.78 is 46.8. The minimum absolute atomic E-state index is 0.0192. The summed E-state index contributed by atoms with van der Waals surface area (Å²) in [4.78, 5) is 18.0. The van der Waals surface area contributed by atoms with Gasteiger partial charge in [-0.2, -0.15) is 13.2 Å².